The molecule has 4 heteroatoms. The van der Waals surface area contributed by atoms with Crippen LogP contribution in [0.1, 0.15) is 30.6 Å². The molecule has 0 aromatic heterocycles. The standard InChI is InChI=1S/C11H15NO2S/c1-9-7-8-11(15(13,14)12-9)10-5-3-2-4-6-10/h2-6,9,11-12H,7-8H2,1H3/t9-,11?/m1/s1. The van der Waals surface area contributed by atoms with E-state index in [1.165, 1.54) is 0 Å². The summed E-state index contributed by atoms with van der Waals surface area (Å²) in [5.41, 5.74) is 0.886. The van der Waals surface area contributed by atoms with E-state index >= 15 is 0 Å². The molecule has 2 rings (SSSR count). The zero-order valence-corrected chi connectivity index (χ0v) is 9.50. The average molecular weight is 225 g/mol. The Morgan fingerprint density at radius 1 is 1.20 bits per heavy atom. The van der Waals surface area contributed by atoms with E-state index in [9.17, 15) is 8.42 Å². The highest BCUT2D eigenvalue weighted by atomic mass is 32.2. The predicted octanol–water partition coefficient (Wildman–Crippen LogP) is 1.83. The van der Waals surface area contributed by atoms with Gasteiger partial charge >= 0.3 is 0 Å². The molecule has 1 aromatic rings. The molecule has 3 nitrogen and oxygen atoms in total. The Morgan fingerprint density at radius 3 is 2.47 bits per heavy atom. The number of benzene rings is 1. The molecule has 1 fully saturated rings. The molecule has 1 saturated heterocycles. The predicted molar refractivity (Wildman–Crippen MR) is 59.9 cm³/mol. The second-order valence-electron chi connectivity index (χ2n) is 4.04. The fourth-order valence-electron chi connectivity index (χ4n) is 1.99. The Hall–Kier alpha value is -0.870. The molecule has 0 radical (unpaired) electrons. The molecule has 1 aromatic carbocycles. The van der Waals surface area contributed by atoms with Crippen molar-refractivity contribution in [2.75, 3.05) is 0 Å². The van der Waals surface area contributed by atoms with Crippen LogP contribution in [0.25, 0.3) is 0 Å². The van der Waals surface area contributed by atoms with Gasteiger partial charge in [-0.25, -0.2) is 13.1 Å². The molecular weight excluding hydrogens is 210 g/mol. The maximum absolute atomic E-state index is 11.9. The Labute approximate surface area is 90.6 Å². The van der Waals surface area contributed by atoms with Gasteiger partial charge in [-0.1, -0.05) is 30.3 Å². The second-order valence-corrected chi connectivity index (χ2v) is 5.94. The van der Waals surface area contributed by atoms with Gasteiger partial charge in [-0.2, -0.15) is 0 Å². The number of rotatable bonds is 1. The summed E-state index contributed by atoms with van der Waals surface area (Å²) in [6.45, 7) is 1.90. The lowest BCUT2D eigenvalue weighted by Gasteiger charge is -2.27. The Bertz CT molecular complexity index is 427. The third-order valence-corrected chi connectivity index (χ3v) is 4.76. The van der Waals surface area contributed by atoms with Crippen LogP contribution in [0.3, 0.4) is 0 Å². The first kappa shape index (κ1) is 10.6. The van der Waals surface area contributed by atoms with Gasteiger partial charge in [0.05, 0.1) is 0 Å². The average Bonchev–Trinajstić information content (AvgIpc) is 2.17. The van der Waals surface area contributed by atoms with Crippen molar-refractivity contribution in [3.05, 3.63) is 35.9 Å². The van der Waals surface area contributed by atoms with Crippen LogP contribution in [0, 0.1) is 0 Å². The summed E-state index contributed by atoms with van der Waals surface area (Å²) in [5, 5.41) is -0.380. The fourth-order valence-corrected chi connectivity index (χ4v) is 3.80. The molecule has 2 atom stereocenters. The maximum atomic E-state index is 11.9. The normalized spacial score (nSPS) is 29.9. The molecule has 1 N–H and O–H groups in total. The highest BCUT2D eigenvalue weighted by Crippen LogP contribution is 2.30. The zero-order chi connectivity index (χ0) is 10.9. The summed E-state index contributed by atoms with van der Waals surface area (Å²) in [4.78, 5) is 0. The Kier molecular flexibility index (Phi) is 2.80. The molecule has 1 unspecified atom stereocenters. The molecule has 0 aliphatic carbocycles. The van der Waals surface area contributed by atoms with Gasteiger partial charge in [-0.15, -0.1) is 0 Å². The lowest BCUT2D eigenvalue weighted by Crippen LogP contribution is -2.40. The van der Waals surface area contributed by atoms with Gasteiger partial charge in [-0.3, -0.25) is 0 Å². The largest absolute Gasteiger partial charge is 0.218 e. The minimum Gasteiger partial charge on any atom is -0.212 e. The lowest BCUT2D eigenvalue weighted by atomic mass is 10.1. The third kappa shape index (κ3) is 2.21. The van der Waals surface area contributed by atoms with E-state index in [0.717, 1.165) is 12.0 Å². The zero-order valence-electron chi connectivity index (χ0n) is 8.68. The van der Waals surface area contributed by atoms with E-state index < -0.39 is 10.0 Å². The van der Waals surface area contributed by atoms with Crippen molar-refractivity contribution < 1.29 is 8.42 Å². The van der Waals surface area contributed by atoms with Crippen LogP contribution in [0.5, 0.6) is 0 Å². The van der Waals surface area contributed by atoms with E-state index in [2.05, 4.69) is 4.72 Å². The number of hydrogen-bond donors (Lipinski definition) is 1. The fraction of sp³-hybridized carbons (Fsp3) is 0.455. The van der Waals surface area contributed by atoms with E-state index in [1.807, 2.05) is 37.3 Å². The summed E-state index contributed by atoms with van der Waals surface area (Å²) in [7, 11) is -3.18. The Balaban J connectivity index is 2.31. The van der Waals surface area contributed by atoms with Crippen LogP contribution in [0.15, 0.2) is 30.3 Å². The van der Waals surface area contributed by atoms with E-state index in [4.69, 9.17) is 0 Å². The van der Waals surface area contributed by atoms with E-state index in [1.54, 1.807) is 0 Å². The molecule has 0 amide bonds. The van der Waals surface area contributed by atoms with E-state index in [0.29, 0.717) is 6.42 Å². The molecular formula is C11H15NO2S. The molecule has 0 spiro atoms. The van der Waals surface area contributed by atoms with Crippen LogP contribution in [-0.4, -0.2) is 14.5 Å². The molecule has 82 valence electrons. The number of hydrogen-bond acceptors (Lipinski definition) is 2. The third-order valence-electron chi connectivity index (χ3n) is 2.77. The van der Waals surface area contributed by atoms with Crippen molar-refractivity contribution in [3.63, 3.8) is 0 Å². The minimum atomic E-state index is -3.18. The van der Waals surface area contributed by atoms with E-state index in [-0.39, 0.29) is 11.3 Å². The maximum Gasteiger partial charge on any atom is 0.218 e. The molecule has 1 aliphatic heterocycles. The molecule has 1 aliphatic rings. The first-order chi connectivity index (χ1) is 7.09. The molecule has 1 heterocycles. The van der Waals surface area contributed by atoms with Crippen LogP contribution in [0.2, 0.25) is 0 Å². The summed E-state index contributed by atoms with van der Waals surface area (Å²) in [5.74, 6) is 0. The SMILES string of the molecule is C[C@@H]1CCC(c2ccccc2)S(=O)(=O)N1. The van der Waals surface area contributed by atoms with Gasteiger partial charge in [0.1, 0.15) is 5.25 Å². The number of nitrogens with one attached hydrogen (secondary N) is 1. The van der Waals surface area contributed by atoms with Gasteiger partial charge in [0, 0.05) is 6.04 Å². The molecule has 0 saturated carbocycles. The lowest BCUT2D eigenvalue weighted by molar-refractivity contribution is 0.482. The van der Waals surface area contributed by atoms with Crippen LogP contribution >= 0.6 is 0 Å². The van der Waals surface area contributed by atoms with Crippen molar-refractivity contribution in [2.45, 2.75) is 31.1 Å². The Morgan fingerprint density at radius 2 is 1.87 bits per heavy atom. The van der Waals surface area contributed by atoms with Crippen molar-refractivity contribution in [2.24, 2.45) is 0 Å². The van der Waals surface area contributed by atoms with Gasteiger partial charge in [0.25, 0.3) is 0 Å². The topological polar surface area (TPSA) is 46.2 Å². The van der Waals surface area contributed by atoms with Gasteiger partial charge < -0.3 is 0 Å². The van der Waals surface area contributed by atoms with Gasteiger partial charge in [-0.05, 0) is 25.3 Å². The van der Waals surface area contributed by atoms with Crippen LogP contribution in [0.4, 0.5) is 0 Å². The first-order valence-electron chi connectivity index (χ1n) is 5.16. The molecule has 15 heavy (non-hydrogen) atoms. The summed E-state index contributed by atoms with van der Waals surface area (Å²) in [6.07, 6.45) is 1.61. The van der Waals surface area contributed by atoms with Crippen molar-refractivity contribution in [1.29, 1.82) is 0 Å². The van der Waals surface area contributed by atoms with Crippen molar-refractivity contribution >= 4 is 10.0 Å². The smallest absolute Gasteiger partial charge is 0.212 e. The minimum absolute atomic E-state index is 0.0648. The monoisotopic (exact) mass is 225 g/mol. The first-order valence-corrected chi connectivity index (χ1v) is 6.70. The van der Waals surface area contributed by atoms with Crippen LogP contribution < -0.4 is 4.72 Å². The van der Waals surface area contributed by atoms with Crippen LogP contribution in [-0.2, 0) is 10.0 Å². The molecule has 0 bridgehead atoms. The van der Waals surface area contributed by atoms with Crippen molar-refractivity contribution in [3.8, 4) is 0 Å². The highest BCUT2D eigenvalue weighted by molar-refractivity contribution is 7.89. The number of sulfonamides is 1. The summed E-state index contributed by atoms with van der Waals surface area (Å²) >= 11 is 0. The summed E-state index contributed by atoms with van der Waals surface area (Å²) < 4.78 is 26.4. The second kappa shape index (κ2) is 3.94. The van der Waals surface area contributed by atoms with Gasteiger partial charge in [0.15, 0.2) is 0 Å². The van der Waals surface area contributed by atoms with Crippen molar-refractivity contribution in [1.82, 2.24) is 4.72 Å². The summed E-state index contributed by atoms with van der Waals surface area (Å²) in [6, 6.07) is 9.47. The van der Waals surface area contributed by atoms with Gasteiger partial charge in [0.2, 0.25) is 10.0 Å². The quantitative estimate of drug-likeness (QED) is 0.792. The highest BCUT2D eigenvalue weighted by Gasteiger charge is 2.32.